The molecule has 0 aliphatic heterocycles. The number of rotatable bonds is 10. The van der Waals surface area contributed by atoms with Crippen molar-refractivity contribution < 1.29 is 0 Å². The molecule has 2 rings (SSSR count). The van der Waals surface area contributed by atoms with Crippen molar-refractivity contribution in [2.24, 2.45) is 5.92 Å². The van der Waals surface area contributed by atoms with Crippen molar-refractivity contribution in [1.82, 2.24) is 0 Å². The molecule has 0 spiro atoms. The van der Waals surface area contributed by atoms with Crippen LogP contribution in [0.25, 0.3) is 0 Å². The van der Waals surface area contributed by atoms with Crippen LogP contribution >= 0.6 is 22.6 Å². The van der Waals surface area contributed by atoms with E-state index in [0.29, 0.717) is 5.92 Å². The Labute approximate surface area is 177 Å². The average Bonchev–Trinajstić information content (AvgIpc) is 2.71. The summed E-state index contributed by atoms with van der Waals surface area (Å²) < 4.78 is 1.27. The second-order valence-electron chi connectivity index (χ2n) is 7.06. The first kappa shape index (κ1) is 21.5. The van der Waals surface area contributed by atoms with Crippen LogP contribution in [-0.2, 0) is 0 Å². The number of benzene rings is 2. The molecule has 0 heterocycles. The van der Waals surface area contributed by atoms with E-state index in [0.717, 1.165) is 18.4 Å². The van der Waals surface area contributed by atoms with Gasteiger partial charge in [-0.1, -0.05) is 81.1 Å². The molecular formula is C24H27IN2. The molecule has 0 saturated heterocycles. The number of unbranched alkanes of at least 4 members (excludes halogenated alkanes) is 3. The molecule has 0 bridgehead atoms. The van der Waals surface area contributed by atoms with E-state index in [1.54, 1.807) is 0 Å². The Bertz CT molecular complexity index is 759. The highest BCUT2D eigenvalue weighted by atomic mass is 127. The van der Waals surface area contributed by atoms with E-state index in [9.17, 15) is 10.5 Å². The Morgan fingerprint density at radius 1 is 0.889 bits per heavy atom. The van der Waals surface area contributed by atoms with E-state index in [-0.39, 0.29) is 5.92 Å². The monoisotopic (exact) mass is 470 g/mol. The minimum absolute atomic E-state index is 0.0617. The fourth-order valence-corrected chi connectivity index (χ4v) is 4.53. The molecule has 3 heteroatoms. The maximum atomic E-state index is 9.57. The number of halogens is 1. The van der Waals surface area contributed by atoms with Gasteiger partial charge in [0.15, 0.2) is 0 Å². The standard InChI is InChI=1S/C24H27IN2/c1-2-3-4-6-13-20(22-14-9-10-15-24(22)25)16-23(21(17-26)18-27)19-11-7-5-8-12-19/h5,7-12,14-15,20-21,23H,2-4,6,13,16H2,1H3. The number of nitriles is 2. The summed E-state index contributed by atoms with van der Waals surface area (Å²) in [5.41, 5.74) is 2.44. The maximum absolute atomic E-state index is 9.57. The molecule has 0 aliphatic carbocycles. The van der Waals surface area contributed by atoms with E-state index < -0.39 is 5.92 Å². The molecular weight excluding hydrogens is 443 g/mol. The molecule has 2 aromatic rings. The zero-order valence-corrected chi connectivity index (χ0v) is 18.1. The third kappa shape index (κ3) is 6.36. The summed E-state index contributed by atoms with van der Waals surface area (Å²) in [5, 5.41) is 19.1. The Hall–Kier alpha value is -1.85. The lowest BCUT2D eigenvalue weighted by molar-refractivity contribution is 0.453. The predicted molar refractivity (Wildman–Crippen MR) is 119 cm³/mol. The fourth-order valence-electron chi connectivity index (χ4n) is 3.70. The first-order valence-electron chi connectivity index (χ1n) is 9.79. The van der Waals surface area contributed by atoms with E-state index in [1.807, 2.05) is 18.2 Å². The van der Waals surface area contributed by atoms with Gasteiger partial charge in [-0.05, 0) is 58.5 Å². The highest BCUT2D eigenvalue weighted by Gasteiger charge is 2.27. The molecule has 0 saturated carbocycles. The summed E-state index contributed by atoms with van der Waals surface area (Å²) in [5.74, 6) is -0.315. The summed E-state index contributed by atoms with van der Waals surface area (Å²) in [6, 6.07) is 23.1. The highest BCUT2D eigenvalue weighted by Crippen LogP contribution is 2.39. The molecule has 0 N–H and O–H groups in total. The largest absolute Gasteiger partial charge is 0.197 e. The van der Waals surface area contributed by atoms with Crippen LogP contribution < -0.4 is 0 Å². The van der Waals surface area contributed by atoms with Crippen LogP contribution in [0.4, 0.5) is 0 Å². The van der Waals surface area contributed by atoms with Gasteiger partial charge in [0.25, 0.3) is 0 Å². The third-order valence-corrected chi connectivity index (χ3v) is 6.18. The SMILES string of the molecule is CCCCCCC(CC(c1ccccc1)C(C#N)C#N)c1ccccc1I. The van der Waals surface area contributed by atoms with Gasteiger partial charge in [0, 0.05) is 9.49 Å². The van der Waals surface area contributed by atoms with Gasteiger partial charge in [0.05, 0.1) is 12.1 Å². The minimum atomic E-state index is -0.619. The molecule has 0 radical (unpaired) electrons. The van der Waals surface area contributed by atoms with E-state index in [2.05, 4.69) is 78.1 Å². The topological polar surface area (TPSA) is 47.6 Å². The molecule has 2 nitrogen and oxygen atoms in total. The molecule has 27 heavy (non-hydrogen) atoms. The van der Waals surface area contributed by atoms with Crippen molar-refractivity contribution in [3.63, 3.8) is 0 Å². The molecule has 2 unspecified atom stereocenters. The zero-order chi connectivity index (χ0) is 19.5. The summed E-state index contributed by atoms with van der Waals surface area (Å²) in [7, 11) is 0. The van der Waals surface area contributed by atoms with Crippen LogP contribution in [0.15, 0.2) is 54.6 Å². The molecule has 0 aliphatic rings. The van der Waals surface area contributed by atoms with Crippen LogP contribution in [-0.4, -0.2) is 0 Å². The van der Waals surface area contributed by atoms with Crippen LogP contribution in [0.3, 0.4) is 0 Å². The fraction of sp³-hybridized carbons (Fsp3) is 0.417. The lowest BCUT2D eigenvalue weighted by Gasteiger charge is -2.26. The lowest BCUT2D eigenvalue weighted by Crippen LogP contribution is -2.15. The molecule has 0 amide bonds. The molecule has 2 atom stereocenters. The molecule has 140 valence electrons. The van der Waals surface area contributed by atoms with Crippen LogP contribution in [0.1, 0.15) is 68.4 Å². The first-order chi connectivity index (χ1) is 13.2. The number of hydrogen-bond acceptors (Lipinski definition) is 2. The van der Waals surface area contributed by atoms with E-state index >= 15 is 0 Å². The summed E-state index contributed by atoms with van der Waals surface area (Å²) in [6.45, 7) is 2.23. The quantitative estimate of drug-likeness (QED) is 0.273. The van der Waals surface area contributed by atoms with Gasteiger partial charge in [-0.15, -0.1) is 0 Å². The van der Waals surface area contributed by atoms with Crippen LogP contribution in [0.5, 0.6) is 0 Å². The van der Waals surface area contributed by atoms with Gasteiger partial charge in [-0.25, -0.2) is 0 Å². The summed E-state index contributed by atoms with van der Waals surface area (Å²) >= 11 is 2.41. The Morgan fingerprint density at radius 3 is 2.19 bits per heavy atom. The first-order valence-corrected chi connectivity index (χ1v) is 10.9. The van der Waals surface area contributed by atoms with Gasteiger partial charge in [0.1, 0.15) is 5.92 Å². The Balaban J connectivity index is 2.30. The van der Waals surface area contributed by atoms with Gasteiger partial charge in [-0.3, -0.25) is 0 Å². The van der Waals surface area contributed by atoms with Crippen molar-refractivity contribution in [2.75, 3.05) is 0 Å². The second kappa shape index (κ2) is 11.8. The molecule has 0 fully saturated rings. The Kier molecular flexibility index (Phi) is 9.36. The highest BCUT2D eigenvalue weighted by molar-refractivity contribution is 14.1. The average molecular weight is 470 g/mol. The van der Waals surface area contributed by atoms with Gasteiger partial charge in [-0.2, -0.15) is 10.5 Å². The van der Waals surface area contributed by atoms with Gasteiger partial charge < -0.3 is 0 Å². The van der Waals surface area contributed by atoms with Gasteiger partial charge in [0.2, 0.25) is 0 Å². The van der Waals surface area contributed by atoms with Crippen LogP contribution in [0, 0.1) is 32.2 Å². The van der Waals surface area contributed by atoms with E-state index in [1.165, 1.54) is 34.8 Å². The number of nitrogens with zero attached hydrogens (tertiary/aromatic N) is 2. The predicted octanol–water partition coefficient (Wildman–Crippen LogP) is 7.18. The summed E-state index contributed by atoms with van der Waals surface area (Å²) in [4.78, 5) is 0. The van der Waals surface area contributed by atoms with Crippen molar-refractivity contribution in [1.29, 1.82) is 10.5 Å². The maximum Gasteiger partial charge on any atom is 0.140 e. The van der Waals surface area contributed by atoms with Gasteiger partial charge >= 0.3 is 0 Å². The summed E-state index contributed by atoms with van der Waals surface area (Å²) in [6.07, 6.45) is 6.86. The van der Waals surface area contributed by atoms with Crippen molar-refractivity contribution in [3.8, 4) is 12.1 Å². The normalized spacial score (nSPS) is 12.9. The molecule has 0 aromatic heterocycles. The van der Waals surface area contributed by atoms with Crippen molar-refractivity contribution in [2.45, 2.75) is 57.3 Å². The number of hydrogen-bond donors (Lipinski definition) is 0. The minimum Gasteiger partial charge on any atom is -0.197 e. The Morgan fingerprint density at radius 2 is 1.56 bits per heavy atom. The van der Waals surface area contributed by atoms with Crippen molar-refractivity contribution >= 4 is 22.6 Å². The van der Waals surface area contributed by atoms with E-state index in [4.69, 9.17) is 0 Å². The molecule has 2 aromatic carbocycles. The second-order valence-corrected chi connectivity index (χ2v) is 8.22. The zero-order valence-electron chi connectivity index (χ0n) is 15.9. The smallest absolute Gasteiger partial charge is 0.140 e. The third-order valence-electron chi connectivity index (χ3n) is 5.20. The lowest BCUT2D eigenvalue weighted by atomic mass is 9.77. The van der Waals surface area contributed by atoms with Crippen LogP contribution in [0.2, 0.25) is 0 Å². The van der Waals surface area contributed by atoms with Crippen molar-refractivity contribution in [3.05, 3.63) is 69.3 Å².